The average molecular weight is 217 g/mol. The molecule has 1 fully saturated rings. The zero-order valence-corrected chi connectivity index (χ0v) is 9.02. The second-order valence-electron chi connectivity index (χ2n) is 3.31. The smallest absolute Gasteiger partial charge is 0.185 e. The van der Waals surface area contributed by atoms with Crippen LogP contribution in [0.15, 0.2) is 11.6 Å². The fourth-order valence-corrected chi connectivity index (χ4v) is 2.83. The number of hydrogen-bond acceptors (Lipinski definition) is 3. The van der Waals surface area contributed by atoms with Crippen molar-refractivity contribution in [3.8, 4) is 0 Å². The maximum atomic E-state index is 5.93. The van der Waals surface area contributed by atoms with Crippen molar-refractivity contribution in [1.29, 1.82) is 0 Å². The van der Waals surface area contributed by atoms with Crippen LogP contribution in [-0.4, -0.2) is 23.5 Å². The van der Waals surface area contributed by atoms with Crippen molar-refractivity contribution in [2.45, 2.75) is 25.3 Å². The Balaban J connectivity index is 2.11. The molecule has 0 amide bonds. The monoisotopic (exact) mass is 216 g/mol. The summed E-state index contributed by atoms with van der Waals surface area (Å²) in [4.78, 5) is 6.67. The van der Waals surface area contributed by atoms with E-state index in [1.165, 1.54) is 19.3 Å². The third-order valence-electron chi connectivity index (χ3n) is 2.47. The van der Waals surface area contributed by atoms with Gasteiger partial charge in [0.1, 0.15) is 0 Å². The van der Waals surface area contributed by atoms with Crippen molar-refractivity contribution in [1.82, 2.24) is 4.98 Å². The van der Waals surface area contributed by atoms with Crippen LogP contribution in [0.25, 0.3) is 0 Å². The Morgan fingerprint density at radius 2 is 2.54 bits per heavy atom. The van der Waals surface area contributed by atoms with Crippen LogP contribution in [0.3, 0.4) is 0 Å². The molecule has 2 rings (SSSR count). The summed E-state index contributed by atoms with van der Waals surface area (Å²) < 4.78 is 0. The van der Waals surface area contributed by atoms with Gasteiger partial charge in [0.25, 0.3) is 0 Å². The first-order chi connectivity index (χ1) is 6.42. The minimum Gasteiger partial charge on any atom is -0.344 e. The van der Waals surface area contributed by atoms with Crippen LogP contribution in [0.4, 0.5) is 5.13 Å². The second kappa shape index (κ2) is 4.29. The maximum Gasteiger partial charge on any atom is 0.185 e. The van der Waals surface area contributed by atoms with Crippen molar-refractivity contribution in [3.63, 3.8) is 0 Å². The highest BCUT2D eigenvalue weighted by molar-refractivity contribution is 7.13. The molecule has 2 nitrogen and oxygen atoms in total. The van der Waals surface area contributed by atoms with Gasteiger partial charge in [0.2, 0.25) is 0 Å². The summed E-state index contributed by atoms with van der Waals surface area (Å²) >= 11 is 7.63. The molecule has 1 unspecified atom stereocenters. The van der Waals surface area contributed by atoms with Gasteiger partial charge in [0.15, 0.2) is 5.13 Å². The first-order valence-electron chi connectivity index (χ1n) is 4.64. The quantitative estimate of drug-likeness (QED) is 0.707. The lowest BCUT2D eigenvalue weighted by atomic mass is 10.0. The summed E-state index contributed by atoms with van der Waals surface area (Å²) in [6.07, 6.45) is 5.65. The van der Waals surface area contributed by atoms with E-state index in [1.54, 1.807) is 11.3 Å². The molecule has 1 saturated heterocycles. The molecule has 0 bridgehead atoms. The summed E-state index contributed by atoms with van der Waals surface area (Å²) in [5.41, 5.74) is 0. The van der Waals surface area contributed by atoms with Crippen LogP contribution in [-0.2, 0) is 0 Å². The summed E-state index contributed by atoms with van der Waals surface area (Å²) in [7, 11) is 0. The van der Waals surface area contributed by atoms with Gasteiger partial charge in [-0.25, -0.2) is 4.98 Å². The van der Waals surface area contributed by atoms with Gasteiger partial charge in [-0.1, -0.05) is 0 Å². The van der Waals surface area contributed by atoms with Crippen molar-refractivity contribution in [3.05, 3.63) is 11.6 Å². The summed E-state index contributed by atoms with van der Waals surface area (Å²) in [5, 5.41) is 3.15. The lowest BCUT2D eigenvalue weighted by molar-refractivity contribution is 0.487. The summed E-state index contributed by atoms with van der Waals surface area (Å²) in [5.74, 6) is 0.722. The Kier molecular flexibility index (Phi) is 3.06. The zero-order valence-electron chi connectivity index (χ0n) is 7.45. The van der Waals surface area contributed by atoms with Crippen LogP contribution in [0, 0.1) is 0 Å². The molecule has 0 aromatic carbocycles. The molecule has 0 aliphatic carbocycles. The van der Waals surface area contributed by atoms with Gasteiger partial charge >= 0.3 is 0 Å². The normalized spacial score (nSPS) is 23.5. The largest absolute Gasteiger partial charge is 0.344 e. The lowest BCUT2D eigenvalue weighted by Crippen LogP contribution is -2.40. The Hall–Kier alpha value is -0.280. The standard InChI is InChI=1S/C9H13ClN2S/c10-7-8-3-1-2-5-12(8)9-11-4-6-13-9/h4,6,8H,1-3,5,7H2. The van der Waals surface area contributed by atoms with Crippen LogP contribution in [0.2, 0.25) is 0 Å². The van der Waals surface area contributed by atoms with Gasteiger partial charge in [0.05, 0.1) is 0 Å². The van der Waals surface area contributed by atoms with Crippen LogP contribution < -0.4 is 4.90 Å². The number of thiazole rings is 1. The number of anilines is 1. The van der Waals surface area contributed by atoms with Crippen molar-refractivity contribution in [2.75, 3.05) is 17.3 Å². The van der Waals surface area contributed by atoms with E-state index in [0.717, 1.165) is 17.6 Å². The molecule has 1 aromatic rings. The number of piperidine rings is 1. The van der Waals surface area contributed by atoms with Crippen molar-refractivity contribution < 1.29 is 0 Å². The highest BCUT2D eigenvalue weighted by Crippen LogP contribution is 2.26. The summed E-state index contributed by atoms with van der Waals surface area (Å²) in [6.45, 7) is 1.12. The number of aromatic nitrogens is 1. The van der Waals surface area contributed by atoms with E-state index < -0.39 is 0 Å². The van der Waals surface area contributed by atoms with Gasteiger partial charge < -0.3 is 4.90 Å². The van der Waals surface area contributed by atoms with Crippen LogP contribution in [0.5, 0.6) is 0 Å². The molecule has 0 radical (unpaired) electrons. The number of halogens is 1. The molecule has 72 valence electrons. The second-order valence-corrected chi connectivity index (χ2v) is 4.49. The van der Waals surface area contributed by atoms with E-state index in [2.05, 4.69) is 9.88 Å². The first-order valence-corrected chi connectivity index (χ1v) is 6.05. The van der Waals surface area contributed by atoms with E-state index in [1.807, 2.05) is 11.6 Å². The van der Waals surface area contributed by atoms with E-state index in [9.17, 15) is 0 Å². The predicted octanol–water partition coefficient (Wildman–Crippen LogP) is 2.74. The number of alkyl halides is 1. The van der Waals surface area contributed by atoms with E-state index in [0.29, 0.717) is 6.04 Å². The maximum absolute atomic E-state index is 5.93. The van der Waals surface area contributed by atoms with Gasteiger partial charge in [0, 0.05) is 30.0 Å². The van der Waals surface area contributed by atoms with E-state index >= 15 is 0 Å². The molecular weight excluding hydrogens is 204 g/mol. The predicted molar refractivity (Wildman–Crippen MR) is 57.8 cm³/mol. The molecule has 1 aliphatic rings. The van der Waals surface area contributed by atoms with Gasteiger partial charge in [-0.3, -0.25) is 0 Å². The molecule has 0 saturated carbocycles. The first kappa shape index (κ1) is 9.28. The molecule has 1 aliphatic heterocycles. The number of rotatable bonds is 2. The number of nitrogens with zero attached hydrogens (tertiary/aromatic N) is 2. The third-order valence-corrected chi connectivity index (χ3v) is 3.64. The van der Waals surface area contributed by atoms with Crippen molar-refractivity contribution in [2.24, 2.45) is 0 Å². The molecular formula is C9H13ClN2S. The lowest BCUT2D eigenvalue weighted by Gasteiger charge is -2.34. The SMILES string of the molecule is ClCC1CCCCN1c1nccs1. The molecule has 2 heterocycles. The molecule has 0 N–H and O–H groups in total. The van der Waals surface area contributed by atoms with E-state index in [-0.39, 0.29) is 0 Å². The average Bonchev–Trinajstić information content (AvgIpc) is 2.70. The van der Waals surface area contributed by atoms with Crippen LogP contribution >= 0.6 is 22.9 Å². The topological polar surface area (TPSA) is 16.1 Å². The Morgan fingerprint density at radius 3 is 3.23 bits per heavy atom. The van der Waals surface area contributed by atoms with Gasteiger partial charge in [-0.2, -0.15) is 0 Å². The Bertz CT molecular complexity index is 250. The molecule has 0 spiro atoms. The summed E-state index contributed by atoms with van der Waals surface area (Å²) in [6, 6.07) is 0.501. The van der Waals surface area contributed by atoms with Crippen LogP contribution in [0.1, 0.15) is 19.3 Å². The molecule has 13 heavy (non-hydrogen) atoms. The fraction of sp³-hybridized carbons (Fsp3) is 0.667. The highest BCUT2D eigenvalue weighted by Gasteiger charge is 2.22. The van der Waals surface area contributed by atoms with Gasteiger partial charge in [-0.05, 0) is 19.3 Å². The zero-order chi connectivity index (χ0) is 9.10. The van der Waals surface area contributed by atoms with Crippen molar-refractivity contribution >= 4 is 28.1 Å². The Labute approximate surface area is 87.5 Å². The van der Waals surface area contributed by atoms with E-state index in [4.69, 9.17) is 11.6 Å². The minimum atomic E-state index is 0.501. The number of hydrogen-bond donors (Lipinski definition) is 0. The van der Waals surface area contributed by atoms with Gasteiger partial charge in [-0.15, -0.1) is 22.9 Å². The third kappa shape index (κ3) is 1.97. The molecule has 1 atom stereocenters. The molecule has 1 aromatic heterocycles. The minimum absolute atomic E-state index is 0.501. The fourth-order valence-electron chi connectivity index (χ4n) is 1.77. The highest BCUT2D eigenvalue weighted by atomic mass is 35.5. The molecule has 4 heteroatoms. The Morgan fingerprint density at radius 1 is 1.62 bits per heavy atom.